The Hall–Kier alpha value is 0.190. The van der Waals surface area contributed by atoms with Gasteiger partial charge < -0.3 is 20.4 Å². The molecule has 0 aromatic heterocycles. The summed E-state index contributed by atoms with van der Waals surface area (Å²) in [5, 5.41) is 33.7. The first-order valence-electron chi connectivity index (χ1n) is 10.8. The van der Waals surface area contributed by atoms with E-state index in [9.17, 15) is 0 Å². The van der Waals surface area contributed by atoms with E-state index in [-0.39, 0.29) is 6.61 Å². The maximum Gasteiger partial charge on any atom is 0.0858 e. The summed E-state index contributed by atoms with van der Waals surface area (Å²) >= 11 is 3.69. The topological polar surface area (TPSA) is 80.9 Å². The monoisotopic (exact) mass is 394 g/mol. The Morgan fingerprint density at radius 1 is 0.462 bits per heavy atom. The number of aliphatic hydroxyl groups excluding tert-OH is 4. The molecule has 0 fully saturated rings. The molecule has 0 rings (SSSR count). The summed E-state index contributed by atoms with van der Waals surface area (Å²) in [4.78, 5) is 0. The van der Waals surface area contributed by atoms with Crippen LogP contribution in [-0.4, -0.2) is 52.1 Å². The van der Waals surface area contributed by atoms with Crippen LogP contribution in [0.15, 0.2) is 0 Å². The highest BCUT2D eigenvalue weighted by Crippen LogP contribution is 2.13. The summed E-state index contributed by atoms with van der Waals surface area (Å²) in [6.07, 6.45) is 20.3. The van der Waals surface area contributed by atoms with Gasteiger partial charge in [0.05, 0.1) is 12.7 Å². The van der Waals surface area contributed by atoms with Crippen molar-refractivity contribution in [3.63, 3.8) is 0 Å². The predicted molar refractivity (Wildman–Crippen MR) is 115 cm³/mol. The smallest absolute Gasteiger partial charge is 0.0858 e. The Bertz CT molecular complexity index is 208. The number of hydrogen-bond donors (Lipinski definition) is 5. The molecule has 1 unspecified atom stereocenters. The maximum absolute atomic E-state index is 8.67. The zero-order valence-corrected chi connectivity index (χ0v) is 17.8. The Labute approximate surface area is 167 Å². The third kappa shape index (κ3) is 29.0. The van der Waals surface area contributed by atoms with Crippen LogP contribution in [0.2, 0.25) is 0 Å². The third-order valence-electron chi connectivity index (χ3n) is 4.49. The first-order chi connectivity index (χ1) is 12.7. The second-order valence-electron chi connectivity index (χ2n) is 7.12. The molecule has 0 aliphatic rings. The fourth-order valence-electron chi connectivity index (χ4n) is 2.76. The minimum Gasteiger partial charge on any atom is -0.396 e. The van der Waals surface area contributed by atoms with Gasteiger partial charge in [0.15, 0.2) is 0 Å². The minimum absolute atomic E-state index is 0.191. The van der Waals surface area contributed by atoms with Crippen LogP contribution in [0.1, 0.15) is 103 Å². The highest BCUT2D eigenvalue weighted by molar-refractivity contribution is 7.80. The number of thiol groups is 1. The molecule has 160 valence electrons. The summed E-state index contributed by atoms with van der Waals surface area (Å²) in [7, 11) is 0. The Kier molecular flexibility index (Phi) is 29.9. The van der Waals surface area contributed by atoms with Gasteiger partial charge in [-0.1, -0.05) is 89.9 Å². The van der Waals surface area contributed by atoms with Crippen LogP contribution in [0.3, 0.4) is 0 Å². The van der Waals surface area contributed by atoms with Gasteiger partial charge in [0, 0.05) is 19.0 Å². The van der Waals surface area contributed by atoms with E-state index in [1.165, 1.54) is 89.9 Å². The lowest BCUT2D eigenvalue weighted by molar-refractivity contribution is 0.114. The number of hydrogen-bond acceptors (Lipinski definition) is 5. The Morgan fingerprint density at radius 3 is 0.808 bits per heavy atom. The first kappa shape index (κ1) is 28.4. The molecule has 0 aliphatic heterocycles. The standard InChI is InChI=1S/C18H38O2.C3H8O2S/c19-17-15-13-11-9-7-5-3-1-2-4-6-8-10-12-14-16-18-20;4-1-3(5)2-6/h19-20H,1-18H2;3-6H,1-2H2. The zero-order valence-electron chi connectivity index (χ0n) is 17.0. The number of unbranched alkanes of at least 4 members (excludes halogenated alkanes) is 15. The fourth-order valence-corrected chi connectivity index (χ4v) is 2.87. The second-order valence-corrected chi connectivity index (χ2v) is 7.49. The van der Waals surface area contributed by atoms with Crippen LogP contribution in [-0.2, 0) is 0 Å². The van der Waals surface area contributed by atoms with Crippen molar-refractivity contribution >= 4 is 12.6 Å². The first-order valence-corrected chi connectivity index (χ1v) is 11.5. The van der Waals surface area contributed by atoms with Crippen LogP contribution in [0.5, 0.6) is 0 Å². The van der Waals surface area contributed by atoms with Gasteiger partial charge in [-0.2, -0.15) is 12.6 Å². The third-order valence-corrected chi connectivity index (χ3v) is 4.91. The molecule has 0 amide bonds. The van der Waals surface area contributed by atoms with E-state index >= 15 is 0 Å². The molecule has 0 saturated carbocycles. The molecule has 0 heterocycles. The molecule has 4 nitrogen and oxygen atoms in total. The number of aliphatic hydroxyl groups is 4. The largest absolute Gasteiger partial charge is 0.396 e. The van der Waals surface area contributed by atoms with Crippen molar-refractivity contribution in [1.82, 2.24) is 0 Å². The average Bonchev–Trinajstić information content (AvgIpc) is 2.67. The summed E-state index contributed by atoms with van der Waals surface area (Å²) in [5.74, 6) is 0.330. The van der Waals surface area contributed by atoms with E-state index in [0.717, 1.165) is 12.8 Å². The Morgan fingerprint density at radius 2 is 0.692 bits per heavy atom. The van der Waals surface area contributed by atoms with Crippen molar-refractivity contribution in [2.75, 3.05) is 25.6 Å². The predicted octanol–water partition coefficient (Wildman–Crippen LogP) is 4.48. The molecule has 0 aromatic carbocycles. The minimum atomic E-state index is -0.645. The molecule has 0 bridgehead atoms. The van der Waals surface area contributed by atoms with Gasteiger partial charge in [0.1, 0.15) is 0 Å². The maximum atomic E-state index is 8.67. The van der Waals surface area contributed by atoms with Crippen molar-refractivity contribution in [2.24, 2.45) is 0 Å². The molecule has 0 radical (unpaired) electrons. The van der Waals surface area contributed by atoms with Crippen LogP contribution < -0.4 is 0 Å². The summed E-state index contributed by atoms with van der Waals surface area (Å²) in [6, 6.07) is 0. The van der Waals surface area contributed by atoms with Gasteiger partial charge in [0.2, 0.25) is 0 Å². The molecule has 4 N–H and O–H groups in total. The lowest BCUT2D eigenvalue weighted by atomic mass is 10.0. The van der Waals surface area contributed by atoms with E-state index < -0.39 is 6.10 Å². The normalized spacial score (nSPS) is 11.9. The summed E-state index contributed by atoms with van der Waals surface area (Å²) in [6.45, 7) is 0.534. The SMILES string of the molecule is OCC(O)CS.OCCCCCCCCCCCCCCCCCCO. The van der Waals surface area contributed by atoms with E-state index in [2.05, 4.69) is 12.6 Å². The Balaban J connectivity index is 0. The highest BCUT2D eigenvalue weighted by atomic mass is 32.1. The van der Waals surface area contributed by atoms with Crippen molar-refractivity contribution in [1.29, 1.82) is 0 Å². The van der Waals surface area contributed by atoms with E-state index in [1.807, 2.05) is 0 Å². The number of rotatable bonds is 19. The lowest BCUT2D eigenvalue weighted by Crippen LogP contribution is -2.12. The van der Waals surface area contributed by atoms with Crippen LogP contribution >= 0.6 is 12.6 Å². The quantitative estimate of drug-likeness (QED) is 0.165. The molecule has 0 aromatic rings. The molecule has 5 heteroatoms. The van der Waals surface area contributed by atoms with Gasteiger partial charge in [-0.05, 0) is 12.8 Å². The van der Waals surface area contributed by atoms with Crippen LogP contribution in [0, 0.1) is 0 Å². The van der Waals surface area contributed by atoms with E-state index in [4.69, 9.17) is 20.4 Å². The van der Waals surface area contributed by atoms with Gasteiger partial charge in [0.25, 0.3) is 0 Å². The van der Waals surface area contributed by atoms with Gasteiger partial charge in [-0.3, -0.25) is 0 Å². The van der Waals surface area contributed by atoms with Gasteiger partial charge in [-0.15, -0.1) is 0 Å². The van der Waals surface area contributed by atoms with E-state index in [1.54, 1.807) is 0 Å². The van der Waals surface area contributed by atoms with E-state index in [0.29, 0.717) is 19.0 Å². The molecular formula is C21H46O4S. The van der Waals surface area contributed by atoms with Gasteiger partial charge in [-0.25, -0.2) is 0 Å². The lowest BCUT2D eigenvalue weighted by Gasteiger charge is -2.03. The van der Waals surface area contributed by atoms with Crippen molar-refractivity contribution in [3.05, 3.63) is 0 Å². The summed E-state index contributed by atoms with van der Waals surface area (Å²) in [5.41, 5.74) is 0. The highest BCUT2D eigenvalue weighted by Gasteiger charge is 1.94. The molecule has 0 aliphatic carbocycles. The second kappa shape index (κ2) is 27.4. The average molecular weight is 395 g/mol. The molecule has 26 heavy (non-hydrogen) atoms. The molecule has 1 atom stereocenters. The van der Waals surface area contributed by atoms with Crippen molar-refractivity contribution in [2.45, 2.75) is 109 Å². The van der Waals surface area contributed by atoms with Crippen LogP contribution in [0.25, 0.3) is 0 Å². The fraction of sp³-hybridized carbons (Fsp3) is 1.00. The molecular weight excluding hydrogens is 348 g/mol. The van der Waals surface area contributed by atoms with Crippen molar-refractivity contribution in [3.8, 4) is 0 Å². The molecule has 0 spiro atoms. The van der Waals surface area contributed by atoms with Crippen molar-refractivity contribution < 1.29 is 20.4 Å². The van der Waals surface area contributed by atoms with Gasteiger partial charge >= 0.3 is 0 Å². The zero-order chi connectivity index (χ0) is 19.7. The van der Waals surface area contributed by atoms with Crippen LogP contribution in [0.4, 0.5) is 0 Å². The molecule has 0 saturated heterocycles. The summed E-state index contributed by atoms with van der Waals surface area (Å²) < 4.78 is 0.